The summed E-state index contributed by atoms with van der Waals surface area (Å²) in [5.41, 5.74) is 5.18. The van der Waals surface area contributed by atoms with Crippen LogP contribution in [0.25, 0.3) is 0 Å². The summed E-state index contributed by atoms with van der Waals surface area (Å²) >= 11 is 0. The lowest BCUT2D eigenvalue weighted by Gasteiger charge is -2.11. The van der Waals surface area contributed by atoms with E-state index in [2.05, 4.69) is 58.0 Å². The molecule has 0 amide bonds. The van der Waals surface area contributed by atoms with Crippen molar-refractivity contribution < 1.29 is 9.47 Å². The Hall–Kier alpha value is -2.74. The van der Waals surface area contributed by atoms with Gasteiger partial charge in [0.25, 0.3) is 0 Å². The number of hydrogen-bond donors (Lipinski definition) is 0. The number of hydrogen-bond acceptors (Lipinski definition) is 2. The van der Waals surface area contributed by atoms with Crippen LogP contribution in [0.3, 0.4) is 0 Å². The van der Waals surface area contributed by atoms with E-state index in [1.165, 1.54) is 35.1 Å². The number of ether oxygens (including phenoxy) is 2. The van der Waals surface area contributed by atoms with Crippen molar-refractivity contribution in [3.05, 3.63) is 82.9 Å². The first-order valence-electron chi connectivity index (χ1n) is 9.67. The van der Waals surface area contributed by atoms with Gasteiger partial charge in [0, 0.05) is 0 Å². The van der Waals surface area contributed by atoms with Gasteiger partial charge in [0.05, 0.1) is 0 Å². The topological polar surface area (TPSA) is 18.5 Å². The van der Waals surface area contributed by atoms with Gasteiger partial charge in [-0.15, -0.1) is 0 Å². The SMILES string of the molecule is CCCCc1ccc(Oc2ccc(Oc3ccc(C)c(C)c3)cc2)cc1C. The predicted octanol–water partition coefficient (Wildman–Crippen LogP) is 7.54. The van der Waals surface area contributed by atoms with E-state index >= 15 is 0 Å². The van der Waals surface area contributed by atoms with Crippen molar-refractivity contribution in [3.8, 4) is 23.0 Å². The number of unbranched alkanes of at least 4 members (excludes halogenated alkanes) is 1. The molecule has 2 nitrogen and oxygen atoms in total. The fourth-order valence-corrected chi connectivity index (χ4v) is 3.00. The molecular formula is C25H28O2. The average molecular weight is 360 g/mol. The van der Waals surface area contributed by atoms with Gasteiger partial charge in [-0.3, -0.25) is 0 Å². The fourth-order valence-electron chi connectivity index (χ4n) is 3.00. The molecule has 0 bridgehead atoms. The first kappa shape index (κ1) is 19.0. The largest absolute Gasteiger partial charge is 0.457 e. The first-order chi connectivity index (χ1) is 13.0. The minimum atomic E-state index is 0.802. The van der Waals surface area contributed by atoms with E-state index in [4.69, 9.17) is 9.47 Å². The molecule has 0 fully saturated rings. The molecule has 0 saturated heterocycles. The number of benzene rings is 3. The van der Waals surface area contributed by atoms with Crippen LogP contribution in [0.4, 0.5) is 0 Å². The summed E-state index contributed by atoms with van der Waals surface area (Å²) in [4.78, 5) is 0. The minimum absolute atomic E-state index is 0.802. The maximum Gasteiger partial charge on any atom is 0.127 e. The van der Waals surface area contributed by atoms with Gasteiger partial charge in [0.2, 0.25) is 0 Å². The zero-order valence-corrected chi connectivity index (χ0v) is 16.7. The van der Waals surface area contributed by atoms with E-state index in [-0.39, 0.29) is 0 Å². The molecule has 0 unspecified atom stereocenters. The van der Waals surface area contributed by atoms with E-state index in [1.807, 2.05) is 30.3 Å². The van der Waals surface area contributed by atoms with Crippen molar-refractivity contribution in [2.24, 2.45) is 0 Å². The molecule has 0 radical (unpaired) electrons. The summed E-state index contributed by atoms with van der Waals surface area (Å²) in [7, 11) is 0. The van der Waals surface area contributed by atoms with Crippen molar-refractivity contribution >= 4 is 0 Å². The second-order valence-electron chi connectivity index (χ2n) is 7.11. The second kappa shape index (κ2) is 8.77. The summed E-state index contributed by atoms with van der Waals surface area (Å²) in [6.45, 7) is 8.57. The van der Waals surface area contributed by atoms with Gasteiger partial charge in [0.15, 0.2) is 0 Å². The van der Waals surface area contributed by atoms with Gasteiger partial charge in [-0.2, -0.15) is 0 Å². The average Bonchev–Trinajstić information content (AvgIpc) is 2.66. The third-order valence-corrected chi connectivity index (χ3v) is 4.89. The zero-order valence-electron chi connectivity index (χ0n) is 16.7. The fraction of sp³-hybridized carbons (Fsp3) is 0.280. The molecular weight excluding hydrogens is 332 g/mol. The van der Waals surface area contributed by atoms with Crippen LogP contribution in [0, 0.1) is 20.8 Å². The molecule has 0 aromatic heterocycles. The lowest BCUT2D eigenvalue weighted by molar-refractivity contribution is 0.468. The summed E-state index contributed by atoms with van der Waals surface area (Å²) in [5.74, 6) is 3.33. The van der Waals surface area contributed by atoms with Crippen LogP contribution < -0.4 is 9.47 Å². The molecule has 140 valence electrons. The molecule has 0 atom stereocenters. The van der Waals surface area contributed by atoms with Crippen molar-refractivity contribution in [2.75, 3.05) is 0 Å². The highest BCUT2D eigenvalue weighted by Gasteiger charge is 2.04. The Morgan fingerprint density at radius 3 is 1.63 bits per heavy atom. The van der Waals surface area contributed by atoms with E-state index in [0.29, 0.717) is 0 Å². The highest BCUT2D eigenvalue weighted by Crippen LogP contribution is 2.28. The zero-order chi connectivity index (χ0) is 19.2. The molecule has 3 aromatic rings. The lowest BCUT2D eigenvalue weighted by Crippen LogP contribution is -1.92. The highest BCUT2D eigenvalue weighted by atomic mass is 16.5. The molecule has 3 rings (SSSR count). The molecule has 0 heterocycles. The normalized spacial score (nSPS) is 10.7. The van der Waals surface area contributed by atoms with E-state index in [9.17, 15) is 0 Å². The molecule has 0 saturated carbocycles. The Kier molecular flexibility index (Phi) is 6.18. The molecule has 0 aliphatic rings. The maximum absolute atomic E-state index is 6.00. The molecule has 0 aliphatic heterocycles. The van der Waals surface area contributed by atoms with Crippen molar-refractivity contribution in [1.82, 2.24) is 0 Å². The predicted molar refractivity (Wildman–Crippen MR) is 112 cm³/mol. The molecule has 0 spiro atoms. The Bertz CT molecular complexity index is 895. The van der Waals surface area contributed by atoms with E-state index < -0.39 is 0 Å². The number of aryl methyl sites for hydroxylation is 4. The van der Waals surface area contributed by atoms with Gasteiger partial charge in [-0.25, -0.2) is 0 Å². The van der Waals surface area contributed by atoms with Crippen LogP contribution in [0.5, 0.6) is 23.0 Å². The molecule has 2 heteroatoms. The van der Waals surface area contributed by atoms with Crippen LogP contribution in [-0.2, 0) is 6.42 Å². The lowest BCUT2D eigenvalue weighted by atomic mass is 10.0. The summed E-state index contributed by atoms with van der Waals surface area (Å²) in [6, 6.07) is 20.2. The summed E-state index contributed by atoms with van der Waals surface area (Å²) in [5, 5.41) is 0. The van der Waals surface area contributed by atoms with Gasteiger partial charge < -0.3 is 9.47 Å². The van der Waals surface area contributed by atoms with Crippen LogP contribution in [0.2, 0.25) is 0 Å². The van der Waals surface area contributed by atoms with Crippen LogP contribution in [0.1, 0.15) is 42.0 Å². The highest BCUT2D eigenvalue weighted by molar-refractivity contribution is 5.41. The summed E-state index contributed by atoms with van der Waals surface area (Å²) in [6.07, 6.45) is 3.57. The van der Waals surface area contributed by atoms with Crippen molar-refractivity contribution in [2.45, 2.75) is 47.0 Å². The van der Waals surface area contributed by atoms with Crippen LogP contribution >= 0.6 is 0 Å². The molecule has 27 heavy (non-hydrogen) atoms. The monoisotopic (exact) mass is 360 g/mol. The Labute approximate surface area is 162 Å². The Morgan fingerprint density at radius 2 is 1.11 bits per heavy atom. The third-order valence-electron chi connectivity index (χ3n) is 4.89. The minimum Gasteiger partial charge on any atom is -0.457 e. The Balaban J connectivity index is 1.65. The first-order valence-corrected chi connectivity index (χ1v) is 9.67. The molecule has 3 aromatic carbocycles. The van der Waals surface area contributed by atoms with Crippen LogP contribution in [-0.4, -0.2) is 0 Å². The maximum atomic E-state index is 6.00. The van der Waals surface area contributed by atoms with Gasteiger partial charge in [0.1, 0.15) is 23.0 Å². The van der Waals surface area contributed by atoms with Crippen molar-refractivity contribution in [1.29, 1.82) is 0 Å². The van der Waals surface area contributed by atoms with Gasteiger partial charge in [-0.1, -0.05) is 25.5 Å². The number of rotatable bonds is 7. The standard InChI is InChI=1S/C25H28O2/c1-5-6-7-21-9-11-25(17-20(21)4)27-23-14-12-22(13-15-23)26-24-10-8-18(2)19(3)16-24/h8-17H,5-7H2,1-4H3. The van der Waals surface area contributed by atoms with Crippen molar-refractivity contribution in [3.63, 3.8) is 0 Å². The third kappa shape index (κ3) is 5.13. The second-order valence-corrected chi connectivity index (χ2v) is 7.11. The molecule has 0 N–H and O–H groups in total. The Morgan fingerprint density at radius 1 is 0.593 bits per heavy atom. The summed E-state index contributed by atoms with van der Waals surface area (Å²) < 4.78 is 11.9. The smallest absolute Gasteiger partial charge is 0.127 e. The quantitative estimate of drug-likeness (QED) is 0.433. The van der Waals surface area contributed by atoms with E-state index in [0.717, 1.165) is 29.4 Å². The van der Waals surface area contributed by atoms with Crippen LogP contribution in [0.15, 0.2) is 60.7 Å². The van der Waals surface area contributed by atoms with Gasteiger partial charge >= 0.3 is 0 Å². The molecule has 0 aliphatic carbocycles. The van der Waals surface area contributed by atoms with Gasteiger partial charge in [-0.05, 0) is 104 Å². The van der Waals surface area contributed by atoms with E-state index in [1.54, 1.807) is 0 Å².